The quantitative estimate of drug-likeness (QED) is 0.149. The van der Waals surface area contributed by atoms with Crippen molar-refractivity contribution in [2.45, 2.75) is 117 Å². The smallest absolute Gasteiger partial charge is 0.189 e. The lowest BCUT2D eigenvalue weighted by Crippen LogP contribution is -2.70. The van der Waals surface area contributed by atoms with Crippen LogP contribution in [0.2, 0.25) is 0 Å². The molecule has 0 aromatic carbocycles. The van der Waals surface area contributed by atoms with Gasteiger partial charge in [-0.15, -0.1) is 0 Å². The van der Waals surface area contributed by atoms with Crippen LogP contribution in [0.4, 0.5) is 0 Å². The van der Waals surface area contributed by atoms with E-state index in [-0.39, 0.29) is 12.8 Å². The number of fused-ring (bicyclic) bond motifs is 1. The lowest BCUT2D eigenvalue weighted by molar-refractivity contribution is -0.373. The molecule has 0 bridgehead atoms. The predicted molar refractivity (Wildman–Crippen MR) is 123 cm³/mol. The van der Waals surface area contributed by atoms with Gasteiger partial charge in [-0.05, 0) is 19.9 Å². The highest BCUT2D eigenvalue weighted by Crippen LogP contribution is 2.35. The minimum absolute atomic E-state index is 0.156. The second kappa shape index (κ2) is 11.8. The maximum Gasteiger partial charge on any atom is 0.189 e. The molecule has 3 saturated heterocycles. The molecule has 0 aromatic heterocycles. The molecule has 3 heterocycles. The SMILES string of the molecule is CN[C@H]1[C@@H](O[C@@H]2O[C@H](CO)[C@@H](N)[C@H](O)[C@H]2O)O[C@H]2C[C@@H](N)[C@@H](O[C@H]3[C@@H](O)[C@@H](O)[C@H](N)C[C@@H]3N)O[C@H]2[C@@H]1O. The number of rotatable bonds is 6. The van der Waals surface area contributed by atoms with Crippen molar-refractivity contribution >= 4 is 0 Å². The van der Waals surface area contributed by atoms with Gasteiger partial charge in [0.15, 0.2) is 18.9 Å². The maximum atomic E-state index is 11.1. The zero-order valence-electron chi connectivity index (χ0n) is 20.5. The number of nitrogens with two attached hydrogens (primary N) is 4. The van der Waals surface area contributed by atoms with Crippen molar-refractivity contribution in [3.63, 3.8) is 0 Å². The molecule has 0 radical (unpaired) electrons. The summed E-state index contributed by atoms with van der Waals surface area (Å²) in [5.41, 5.74) is 24.0. The molecule has 37 heavy (non-hydrogen) atoms. The normalized spacial score (nSPS) is 55.1. The van der Waals surface area contributed by atoms with Crippen LogP contribution in [0.15, 0.2) is 0 Å². The van der Waals surface area contributed by atoms with Gasteiger partial charge in [-0.1, -0.05) is 0 Å². The van der Waals surface area contributed by atoms with Crippen molar-refractivity contribution in [3.05, 3.63) is 0 Å². The molecule has 17 atom stereocenters. The zero-order chi connectivity index (χ0) is 27.2. The fourth-order valence-corrected chi connectivity index (χ4v) is 5.46. The number of ether oxygens (including phenoxy) is 5. The first-order valence-electron chi connectivity index (χ1n) is 12.5. The molecule has 1 aliphatic carbocycles. The van der Waals surface area contributed by atoms with Gasteiger partial charge in [0.25, 0.3) is 0 Å². The third-order valence-electron chi connectivity index (χ3n) is 7.74. The van der Waals surface area contributed by atoms with Crippen LogP contribution in [-0.4, -0.2) is 148 Å². The summed E-state index contributed by atoms with van der Waals surface area (Å²) in [6.07, 6.45) is -13.7. The average Bonchev–Trinajstić information content (AvgIpc) is 2.86. The van der Waals surface area contributed by atoms with Gasteiger partial charge in [-0.2, -0.15) is 0 Å². The Labute approximate surface area is 213 Å². The van der Waals surface area contributed by atoms with E-state index in [9.17, 15) is 30.6 Å². The third kappa shape index (κ3) is 5.66. The van der Waals surface area contributed by atoms with Gasteiger partial charge < -0.3 is 82.6 Å². The van der Waals surface area contributed by atoms with Crippen molar-refractivity contribution in [1.82, 2.24) is 5.32 Å². The van der Waals surface area contributed by atoms with E-state index in [4.69, 9.17) is 46.6 Å². The van der Waals surface area contributed by atoms with Crippen molar-refractivity contribution in [2.24, 2.45) is 22.9 Å². The summed E-state index contributed by atoms with van der Waals surface area (Å²) in [6.45, 7) is -0.508. The average molecular weight is 540 g/mol. The molecule has 16 heteroatoms. The molecule has 0 amide bonds. The molecule has 16 nitrogen and oxygen atoms in total. The van der Waals surface area contributed by atoms with E-state index in [0.29, 0.717) is 0 Å². The first-order valence-corrected chi connectivity index (χ1v) is 12.5. The van der Waals surface area contributed by atoms with Crippen LogP contribution in [0.1, 0.15) is 12.8 Å². The van der Waals surface area contributed by atoms with E-state index in [1.54, 1.807) is 7.05 Å². The maximum absolute atomic E-state index is 11.1. The Balaban J connectivity index is 1.43. The van der Waals surface area contributed by atoms with Crippen molar-refractivity contribution in [2.75, 3.05) is 13.7 Å². The van der Waals surface area contributed by atoms with E-state index < -0.39 is 111 Å². The largest absolute Gasteiger partial charge is 0.394 e. The standard InChI is InChI=1S/C21H41N5O11/c1-26-11-14(30)18-8(33-20(11)37-21-16(32)13(29)10(25)9(4-27)34-21)3-7(24)19(36-18)35-17-6(23)2-5(22)12(28)15(17)31/h5-21,26-32H,2-4,22-25H2,1H3/t5-,6+,7-,8+,9-,10-,11-,12+,13+,14-,15+,16-,17-,18-,19+,20-,21+/m1/s1. The molecule has 4 rings (SSSR count). The Morgan fingerprint density at radius 1 is 0.730 bits per heavy atom. The lowest BCUT2D eigenvalue weighted by atomic mass is 9.84. The molecule has 0 unspecified atom stereocenters. The first kappa shape index (κ1) is 29.3. The Hall–Kier alpha value is -0.640. The summed E-state index contributed by atoms with van der Waals surface area (Å²) in [6, 6.07) is -4.05. The molecular weight excluding hydrogens is 498 g/mol. The van der Waals surface area contributed by atoms with Crippen LogP contribution >= 0.6 is 0 Å². The van der Waals surface area contributed by atoms with Crippen LogP contribution < -0.4 is 28.3 Å². The van der Waals surface area contributed by atoms with E-state index in [2.05, 4.69) is 5.32 Å². The summed E-state index contributed by atoms with van der Waals surface area (Å²) < 4.78 is 29.2. The summed E-state index contributed by atoms with van der Waals surface area (Å²) >= 11 is 0. The van der Waals surface area contributed by atoms with Crippen molar-refractivity contribution in [1.29, 1.82) is 0 Å². The minimum atomic E-state index is -1.54. The van der Waals surface area contributed by atoms with Crippen LogP contribution in [0.25, 0.3) is 0 Å². The summed E-state index contributed by atoms with van der Waals surface area (Å²) in [5, 5.41) is 64.7. The molecule has 216 valence electrons. The van der Waals surface area contributed by atoms with Gasteiger partial charge in [0.1, 0.15) is 42.7 Å². The number of aliphatic hydroxyl groups excluding tert-OH is 6. The van der Waals surface area contributed by atoms with Crippen LogP contribution in [0.3, 0.4) is 0 Å². The Bertz CT molecular complexity index is 756. The van der Waals surface area contributed by atoms with Crippen LogP contribution in [0, 0.1) is 0 Å². The fraction of sp³-hybridized carbons (Fsp3) is 1.00. The predicted octanol–water partition coefficient (Wildman–Crippen LogP) is -6.95. The minimum Gasteiger partial charge on any atom is -0.394 e. The van der Waals surface area contributed by atoms with Crippen molar-refractivity contribution in [3.8, 4) is 0 Å². The molecule has 3 aliphatic heterocycles. The van der Waals surface area contributed by atoms with E-state index >= 15 is 0 Å². The topological polar surface area (TPSA) is 284 Å². The zero-order valence-corrected chi connectivity index (χ0v) is 20.5. The highest BCUT2D eigenvalue weighted by atomic mass is 16.8. The highest BCUT2D eigenvalue weighted by Gasteiger charge is 2.54. The molecule has 4 fully saturated rings. The lowest BCUT2D eigenvalue weighted by Gasteiger charge is -2.51. The second-order valence-corrected chi connectivity index (χ2v) is 10.3. The number of likely N-dealkylation sites (N-methyl/N-ethyl adjacent to an activating group) is 1. The Morgan fingerprint density at radius 2 is 1.43 bits per heavy atom. The number of aliphatic hydroxyl groups is 6. The first-order chi connectivity index (χ1) is 17.5. The molecular formula is C21H41N5O11. The monoisotopic (exact) mass is 539 g/mol. The number of hydrogen-bond acceptors (Lipinski definition) is 16. The van der Waals surface area contributed by atoms with E-state index in [0.717, 1.165) is 0 Å². The summed E-state index contributed by atoms with van der Waals surface area (Å²) in [4.78, 5) is 0. The van der Waals surface area contributed by atoms with E-state index in [1.807, 2.05) is 0 Å². The van der Waals surface area contributed by atoms with Gasteiger partial charge >= 0.3 is 0 Å². The van der Waals surface area contributed by atoms with Gasteiger partial charge in [0.05, 0.1) is 36.9 Å². The number of nitrogens with one attached hydrogen (secondary N) is 1. The highest BCUT2D eigenvalue weighted by molar-refractivity contribution is 5.01. The third-order valence-corrected chi connectivity index (χ3v) is 7.74. The van der Waals surface area contributed by atoms with E-state index in [1.165, 1.54) is 0 Å². The van der Waals surface area contributed by atoms with Gasteiger partial charge in [-0.25, -0.2) is 0 Å². The van der Waals surface area contributed by atoms with Gasteiger partial charge in [0, 0.05) is 12.1 Å². The molecule has 0 spiro atoms. The summed E-state index contributed by atoms with van der Waals surface area (Å²) in [7, 11) is 1.55. The number of hydrogen-bond donors (Lipinski definition) is 11. The second-order valence-electron chi connectivity index (χ2n) is 10.3. The Morgan fingerprint density at radius 3 is 2.08 bits per heavy atom. The van der Waals surface area contributed by atoms with Gasteiger partial charge in [-0.3, -0.25) is 0 Å². The fourth-order valence-electron chi connectivity index (χ4n) is 5.46. The molecule has 1 saturated carbocycles. The van der Waals surface area contributed by atoms with Crippen LogP contribution in [0.5, 0.6) is 0 Å². The Kier molecular flexibility index (Phi) is 9.40. The molecule has 15 N–H and O–H groups in total. The van der Waals surface area contributed by atoms with Gasteiger partial charge in [0.2, 0.25) is 0 Å². The van der Waals surface area contributed by atoms with Crippen LogP contribution in [-0.2, 0) is 23.7 Å². The van der Waals surface area contributed by atoms with Crippen molar-refractivity contribution < 1.29 is 54.3 Å². The summed E-state index contributed by atoms with van der Waals surface area (Å²) in [5.74, 6) is 0. The molecule has 4 aliphatic rings. The molecule has 0 aromatic rings.